The Labute approximate surface area is 97.2 Å². The van der Waals surface area contributed by atoms with E-state index in [9.17, 15) is 9.59 Å². The second-order valence-corrected chi connectivity index (χ2v) is 3.68. The Morgan fingerprint density at radius 2 is 2.29 bits per heavy atom. The number of anilines is 1. The zero-order valence-electron chi connectivity index (χ0n) is 9.32. The molecule has 0 bridgehead atoms. The molecule has 1 aromatic rings. The topological polar surface area (TPSA) is 109 Å². The summed E-state index contributed by atoms with van der Waals surface area (Å²) in [5.74, 6) is -0.189. The number of nitrogens with one attached hydrogen (secondary N) is 3. The van der Waals surface area contributed by atoms with E-state index in [4.69, 9.17) is 4.42 Å². The van der Waals surface area contributed by atoms with Gasteiger partial charge in [0, 0.05) is 6.42 Å². The standard InChI is InChI=1S/C9H13N5O3/c1-10-4-7-13-14-9(17-7)11-5-2-3-6(15)12-8(5)16/h5,10H,2-4H2,1H3,(H,11,14)(H,12,15,16). The molecular weight excluding hydrogens is 226 g/mol. The molecule has 0 spiro atoms. The van der Waals surface area contributed by atoms with E-state index < -0.39 is 6.04 Å². The first-order valence-electron chi connectivity index (χ1n) is 5.26. The molecule has 1 aliphatic rings. The van der Waals surface area contributed by atoms with Gasteiger partial charge in [-0.25, -0.2) is 0 Å². The average molecular weight is 239 g/mol. The van der Waals surface area contributed by atoms with Crippen LogP contribution in [0.25, 0.3) is 0 Å². The third kappa shape index (κ3) is 2.78. The molecular formula is C9H13N5O3. The number of nitrogens with zero attached hydrogens (tertiary/aromatic N) is 2. The van der Waals surface area contributed by atoms with Crippen LogP contribution in [0.5, 0.6) is 0 Å². The lowest BCUT2D eigenvalue weighted by Gasteiger charge is -2.20. The van der Waals surface area contributed by atoms with E-state index in [1.54, 1.807) is 7.05 Å². The van der Waals surface area contributed by atoms with Gasteiger partial charge in [-0.1, -0.05) is 5.10 Å². The summed E-state index contributed by atoms with van der Waals surface area (Å²) in [7, 11) is 1.76. The van der Waals surface area contributed by atoms with Crippen molar-refractivity contribution >= 4 is 17.8 Å². The molecule has 1 aliphatic heterocycles. The van der Waals surface area contributed by atoms with Gasteiger partial charge in [-0.2, -0.15) is 0 Å². The van der Waals surface area contributed by atoms with Crippen molar-refractivity contribution in [3.63, 3.8) is 0 Å². The van der Waals surface area contributed by atoms with E-state index in [0.29, 0.717) is 25.3 Å². The van der Waals surface area contributed by atoms with Gasteiger partial charge in [0.25, 0.3) is 0 Å². The van der Waals surface area contributed by atoms with Gasteiger partial charge in [0.05, 0.1) is 6.54 Å². The van der Waals surface area contributed by atoms with Gasteiger partial charge in [0.15, 0.2) is 0 Å². The van der Waals surface area contributed by atoms with Gasteiger partial charge >= 0.3 is 6.01 Å². The molecule has 92 valence electrons. The predicted molar refractivity (Wildman–Crippen MR) is 56.9 cm³/mol. The monoisotopic (exact) mass is 239 g/mol. The molecule has 1 unspecified atom stereocenters. The molecule has 2 heterocycles. The van der Waals surface area contributed by atoms with Crippen molar-refractivity contribution in [3.05, 3.63) is 5.89 Å². The molecule has 2 rings (SSSR count). The third-order valence-electron chi connectivity index (χ3n) is 2.33. The van der Waals surface area contributed by atoms with E-state index in [0.717, 1.165) is 0 Å². The minimum atomic E-state index is -0.504. The molecule has 8 heteroatoms. The molecule has 2 amide bonds. The van der Waals surface area contributed by atoms with Crippen molar-refractivity contribution in [2.75, 3.05) is 12.4 Å². The Bertz CT molecular complexity index is 430. The zero-order chi connectivity index (χ0) is 12.3. The Kier molecular flexibility index (Phi) is 3.33. The van der Waals surface area contributed by atoms with Crippen LogP contribution in [0.15, 0.2) is 4.42 Å². The normalized spacial score (nSPS) is 20.2. The average Bonchev–Trinajstić information content (AvgIpc) is 2.71. The lowest BCUT2D eigenvalue weighted by Crippen LogP contribution is -2.47. The molecule has 0 radical (unpaired) electrons. The summed E-state index contributed by atoms with van der Waals surface area (Å²) >= 11 is 0. The number of piperidine rings is 1. The van der Waals surface area contributed by atoms with Crippen molar-refractivity contribution in [3.8, 4) is 0 Å². The summed E-state index contributed by atoms with van der Waals surface area (Å²) < 4.78 is 5.24. The number of hydrogen-bond donors (Lipinski definition) is 3. The Balaban J connectivity index is 1.95. The van der Waals surface area contributed by atoms with Crippen LogP contribution in [0.1, 0.15) is 18.7 Å². The minimum Gasteiger partial charge on any atom is -0.407 e. The summed E-state index contributed by atoms with van der Waals surface area (Å²) in [6.07, 6.45) is 0.731. The van der Waals surface area contributed by atoms with Crippen LogP contribution < -0.4 is 16.0 Å². The van der Waals surface area contributed by atoms with Gasteiger partial charge in [-0.05, 0) is 13.5 Å². The summed E-state index contributed by atoms with van der Waals surface area (Å²) in [5.41, 5.74) is 0. The van der Waals surface area contributed by atoms with Crippen LogP contribution in [-0.2, 0) is 16.1 Å². The van der Waals surface area contributed by atoms with E-state index in [-0.39, 0.29) is 17.8 Å². The van der Waals surface area contributed by atoms with Gasteiger partial charge in [0.2, 0.25) is 17.7 Å². The van der Waals surface area contributed by atoms with Crippen LogP contribution in [0.3, 0.4) is 0 Å². The highest BCUT2D eigenvalue weighted by Gasteiger charge is 2.27. The van der Waals surface area contributed by atoms with Crippen molar-refractivity contribution < 1.29 is 14.0 Å². The molecule has 8 nitrogen and oxygen atoms in total. The SMILES string of the molecule is CNCc1nnc(NC2CCC(=O)NC2=O)o1. The van der Waals surface area contributed by atoms with Crippen molar-refractivity contribution in [1.29, 1.82) is 0 Å². The second kappa shape index (κ2) is 4.91. The molecule has 1 saturated heterocycles. The zero-order valence-corrected chi connectivity index (χ0v) is 9.32. The lowest BCUT2D eigenvalue weighted by atomic mass is 10.1. The van der Waals surface area contributed by atoms with Gasteiger partial charge in [0.1, 0.15) is 6.04 Å². The molecule has 0 aliphatic carbocycles. The molecule has 0 aromatic carbocycles. The van der Waals surface area contributed by atoms with E-state index >= 15 is 0 Å². The van der Waals surface area contributed by atoms with E-state index in [1.807, 2.05) is 0 Å². The fourth-order valence-corrected chi connectivity index (χ4v) is 1.51. The van der Waals surface area contributed by atoms with Crippen LogP contribution in [0, 0.1) is 0 Å². The van der Waals surface area contributed by atoms with Crippen LogP contribution in [0.2, 0.25) is 0 Å². The van der Waals surface area contributed by atoms with Gasteiger partial charge in [-0.15, -0.1) is 5.10 Å². The number of carbonyl (C=O) groups excluding carboxylic acids is 2. The summed E-state index contributed by atoms with van der Waals surface area (Å²) in [4.78, 5) is 22.4. The Hall–Kier alpha value is -1.96. The van der Waals surface area contributed by atoms with Crippen LogP contribution in [0.4, 0.5) is 6.01 Å². The minimum absolute atomic E-state index is 0.185. The molecule has 17 heavy (non-hydrogen) atoms. The Morgan fingerprint density at radius 3 is 3.00 bits per heavy atom. The first-order chi connectivity index (χ1) is 8.19. The maximum atomic E-state index is 11.4. The summed E-state index contributed by atoms with van der Waals surface area (Å²) in [5, 5.41) is 15.4. The number of amides is 2. The maximum Gasteiger partial charge on any atom is 0.316 e. The highest BCUT2D eigenvalue weighted by atomic mass is 16.4. The number of rotatable bonds is 4. The van der Waals surface area contributed by atoms with E-state index in [1.165, 1.54) is 0 Å². The van der Waals surface area contributed by atoms with E-state index in [2.05, 4.69) is 26.1 Å². The lowest BCUT2D eigenvalue weighted by molar-refractivity contribution is -0.133. The fourth-order valence-electron chi connectivity index (χ4n) is 1.51. The van der Waals surface area contributed by atoms with Crippen LogP contribution in [-0.4, -0.2) is 35.1 Å². The second-order valence-electron chi connectivity index (χ2n) is 3.68. The third-order valence-corrected chi connectivity index (χ3v) is 2.33. The Morgan fingerprint density at radius 1 is 1.47 bits per heavy atom. The number of hydrogen-bond acceptors (Lipinski definition) is 7. The number of aromatic nitrogens is 2. The quantitative estimate of drug-likeness (QED) is 0.578. The van der Waals surface area contributed by atoms with Crippen molar-refractivity contribution in [1.82, 2.24) is 20.8 Å². The van der Waals surface area contributed by atoms with Crippen LogP contribution >= 0.6 is 0 Å². The first kappa shape index (κ1) is 11.5. The highest BCUT2D eigenvalue weighted by molar-refractivity contribution is 6.01. The molecule has 1 fully saturated rings. The number of imide groups is 1. The smallest absolute Gasteiger partial charge is 0.316 e. The molecule has 3 N–H and O–H groups in total. The highest BCUT2D eigenvalue weighted by Crippen LogP contribution is 2.12. The van der Waals surface area contributed by atoms with Crippen molar-refractivity contribution in [2.45, 2.75) is 25.4 Å². The fraction of sp³-hybridized carbons (Fsp3) is 0.556. The summed E-state index contributed by atoms with van der Waals surface area (Å²) in [6, 6.07) is -0.319. The first-order valence-corrected chi connectivity index (χ1v) is 5.26. The van der Waals surface area contributed by atoms with Crippen molar-refractivity contribution in [2.24, 2.45) is 0 Å². The predicted octanol–water partition coefficient (Wildman–Crippen LogP) is -0.994. The van der Waals surface area contributed by atoms with Gasteiger partial charge in [-0.3, -0.25) is 14.9 Å². The molecule has 1 aromatic heterocycles. The molecule has 0 saturated carbocycles. The molecule has 1 atom stereocenters. The summed E-state index contributed by atoms with van der Waals surface area (Å²) in [6.45, 7) is 0.462. The maximum absolute atomic E-state index is 11.4. The largest absolute Gasteiger partial charge is 0.407 e. The van der Waals surface area contributed by atoms with Gasteiger partial charge < -0.3 is 15.1 Å². The number of carbonyl (C=O) groups is 2.